The van der Waals surface area contributed by atoms with Crippen molar-refractivity contribution < 1.29 is 13.9 Å². The van der Waals surface area contributed by atoms with Gasteiger partial charge in [-0.15, -0.1) is 0 Å². The zero-order valence-electron chi connectivity index (χ0n) is 10.6. The Labute approximate surface area is 100 Å². The smallest absolute Gasteiger partial charge is 0.310 e. The molecule has 2 aromatic rings. The molecule has 0 aliphatic carbocycles. The van der Waals surface area contributed by atoms with Gasteiger partial charge >= 0.3 is 5.97 Å². The van der Waals surface area contributed by atoms with E-state index in [1.54, 1.807) is 0 Å². The highest BCUT2D eigenvalue weighted by Crippen LogP contribution is 2.30. The van der Waals surface area contributed by atoms with Crippen LogP contribution in [0, 0.1) is 20.8 Å². The second kappa shape index (κ2) is 4.24. The first kappa shape index (κ1) is 11.7. The van der Waals surface area contributed by atoms with Crippen LogP contribution in [0.5, 0.6) is 0 Å². The summed E-state index contributed by atoms with van der Waals surface area (Å²) in [5.74, 6) is 0.551. The number of rotatable bonds is 2. The van der Waals surface area contributed by atoms with Crippen molar-refractivity contribution in [2.75, 3.05) is 7.11 Å². The van der Waals surface area contributed by atoms with Crippen LogP contribution in [-0.2, 0) is 16.0 Å². The molecule has 0 unspecified atom stereocenters. The number of aryl methyl sites for hydroxylation is 3. The van der Waals surface area contributed by atoms with Gasteiger partial charge in [-0.05, 0) is 38.0 Å². The van der Waals surface area contributed by atoms with E-state index < -0.39 is 0 Å². The summed E-state index contributed by atoms with van der Waals surface area (Å²) in [4.78, 5) is 11.4. The van der Waals surface area contributed by atoms with Crippen molar-refractivity contribution in [3.63, 3.8) is 0 Å². The molecule has 0 saturated heterocycles. The van der Waals surface area contributed by atoms with Crippen molar-refractivity contribution in [3.05, 3.63) is 34.6 Å². The summed E-state index contributed by atoms with van der Waals surface area (Å²) in [7, 11) is 1.40. The highest BCUT2D eigenvalue weighted by atomic mass is 16.5. The molecule has 0 radical (unpaired) electrons. The van der Waals surface area contributed by atoms with Gasteiger partial charge in [0.25, 0.3) is 0 Å². The Bertz CT molecular complexity index is 579. The predicted molar refractivity (Wildman–Crippen MR) is 66.1 cm³/mol. The lowest BCUT2D eigenvalue weighted by molar-refractivity contribution is -0.139. The molecule has 1 aromatic heterocycles. The van der Waals surface area contributed by atoms with Crippen LogP contribution < -0.4 is 0 Å². The summed E-state index contributed by atoms with van der Waals surface area (Å²) in [6.07, 6.45) is 0.263. The summed E-state index contributed by atoms with van der Waals surface area (Å²) in [5, 5.41) is 1.04. The number of esters is 1. The van der Waals surface area contributed by atoms with Crippen LogP contribution in [0.15, 0.2) is 16.5 Å². The van der Waals surface area contributed by atoms with E-state index in [9.17, 15) is 4.79 Å². The lowest BCUT2D eigenvalue weighted by Crippen LogP contribution is -2.05. The molecule has 0 spiro atoms. The molecule has 1 heterocycles. The standard InChI is InChI=1S/C14H16O3/c1-8-5-9(2)14-11(7-13(15)16-4)10(3)17-12(14)6-8/h5-6H,7H2,1-4H3. The number of hydrogen-bond acceptors (Lipinski definition) is 3. The number of carbonyl (C=O) groups is 1. The molecule has 2 rings (SSSR count). The number of hydrogen-bond donors (Lipinski definition) is 0. The minimum Gasteiger partial charge on any atom is -0.469 e. The molecule has 17 heavy (non-hydrogen) atoms. The lowest BCUT2D eigenvalue weighted by atomic mass is 10.0. The van der Waals surface area contributed by atoms with Crippen molar-refractivity contribution in [2.45, 2.75) is 27.2 Å². The fraction of sp³-hybridized carbons (Fsp3) is 0.357. The van der Waals surface area contributed by atoms with Gasteiger partial charge in [0.2, 0.25) is 0 Å². The molecule has 0 fully saturated rings. The maximum Gasteiger partial charge on any atom is 0.310 e. The van der Waals surface area contributed by atoms with E-state index in [0.717, 1.165) is 33.4 Å². The average molecular weight is 232 g/mol. The second-order valence-corrected chi connectivity index (χ2v) is 4.34. The van der Waals surface area contributed by atoms with E-state index in [-0.39, 0.29) is 12.4 Å². The van der Waals surface area contributed by atoms with Crippen LogP contribution in [0.2, 0.25) is 0 Å². The lowest BCUT2D eigenvalue weighted by Gasteiger charge is -2.02. The summed E-state index contributed by atoms with van der Waals surface area (Å²) in [5.41, 5.74) is 4.08. The number of furan rings is 1. The largest absolute Gasteiger partial charge is 0.469 e. The van der Waals surface area contributed by atoms with Crippen LogP contribution in [0.4, 0.5) is 0 Å². The molecule has 0 atom stereocenters. The summed E-state index contributed by atoms with van der Waals surface area (Å²) < 4.78 is 10.4. The third kappa shape index (κ3) is 2.05. The van der Waals surface area contributed by atoms with Crippen molar-refractivity contribution in [1.82, 2.24) is 0 Å². The van der Waals surface area contributed by atoms with Crippen LogP contribution in [0.3, 0.4) is 0 Å². The number of methoxy groups -OCH3 is 1. The van der Waals surface area contributed by atoms with Gasteiger partial charge in [0.1, 0.15) is 11.3 Å². The summed E-state index contributed by atoms with van der Waals surface area (Å²) >= 11 is 0. The van der Waals surface area contributed by atoms with E-state index in [2.05, 4.69) is 6.07 Å². The average Bonchev–Trinajstić information content (AvgIpc) is 2.55. The molecular weight excluding hydrogens is 216 g/mol. The van der Waals surface area contributed by atoms with Crippen molar-refractivity contribution in [2.24, 2.45) is 0 Å². The highest BCUT2D eigenvalue weighted by Gasteiger charge is 2.16. The molecule has 3 nitrogen and oxygen atoms in total. The topological polar surface area (TPSA) is 39.4 Å². The van der Waals surface area contributed by atoms with Crippen LogP contribution in [0.1, 0.15) is 22.5 Å². The Morgan fingerprint density at radius 2 is 2.00 bits per heavy atom. The van der Waals surface area contributed by atoms with Gasteiger partial charge in [-0.1, -0.05) is 6.07 Å². The fourth-order valence-corrected chi connectivity index (χ4v) is 2.23. The number of benzene rings is 1. The Morgan fingerprint density at radius 1 is 1.29 bits per heavy atom. The minimum absolute atomic E-state index is 0.240. The van der Waals surface area contributed by atoms with E-state index >= 15 is 0 Å². The maximum atomic E-state index is 11.4. The number of fused-ring (bicyclic) bond motifs is 1. The summed E-state index contributed by atoms with van der Waals surface area (Å²) in [6, 6.07) is 4.09. The summed E-state index contributed by atoms with van der Waals surface area (Å²) in [6.45, 7) is 5.95. The van der Waals surface area contributed by atoms with Crippen molar-refractivity contribution >= 4 is 16.9 Å². The molecule has 0 saturated carbocycles. The SMILES string of the molecule is COC(=O)Cc1c(C)oc2cc(C)cc(C)c12. The molecule has 0 aliphatic heterocycles. The van der Waals surface area contributed by atoms with Gasteiger partial charge < -0.3 is 9.15 Å². The fourth-order valence-electron chi connectivity index (χ4n) is 2.23. The molecule has 0 bridgehead atoms. The van der Waals surface area contributed by atoms with Gasteiger partial charge in [-0.2, -0.15) is 0 Å². The first-order valence-electron chi connectivity index (χ1n) is 5.59. The van der Waals surface area contributed by atoms with Crippen molar-refractivity contribution in [3.8, 4) is 0 Å². The Hall–Kier alpha value is -1.77. The Morgan fingerprint density at radius 3 is 2.65 bits per heavy atom. The molecular formula is C14H16O3. The molecule has 1 aromatic carbocycles. The van der Waals surface area contributed by atoms with Crippen LogP contribution in [0.25, 0.3) is 11.0 Å². The van der Waals surface area contributed by atoms with E-state index in [1.807, 2.05) is 26.8 Å². The van der Waals surface area contributed by atoms with Crippen molar-refractivity contribution in [1.29, 1.82) is 0 Å². The number of ether oxygens (including phenoxy) is 1. The quantitative estimate of drug-likeness (QED) is 0.747. The molecule has 3 heteroatoms. The predicted octanol–water partition coefficient (Wildman–Crippen LogP) is 3.07. The third-order valence-electron chi connectivity index (χ3n) is 2.98. The van der Waals surface area contributed by atoms with Gasteiger partial charge in [0.05, 0.1) is 13.5 Å². The normalized spacial score (nSPS) is 10.8. The van der Waals surface area contributed by atoms with E-state index in [0.29, 0.717) is 0 Å². The van der Waals surface area contributed by atoms with E-state index in [1.165, 1.54) is 7.11 Å². The highest BCUT2D eigenvalue weighted by molar-refractivity contribution is 5.89. The van der Waals surface area contributed by atoms with Crippen LogP contribution >= 0.6 is 0 Å². The van der Waals surface area contributed by atoms with Gasteiger partial charge in [-0.25, -0.2) is 0 Å². The monoisotopic (exact) mass is 232 g/mol. The molecule has 0 amide bonds. The zero-order chi connectivity index (χ0) is 12.6. The minimum atomic E-state index is -0.240. The van der Waals surface area contributed by atoms with Gasteiger partial charge in [-0.3, -0.25) is 4.79 Å². The molecule has 90 valence electrons. The van der Waals surface area contributed by atoms with Crippen LogP contribution in [-0.4, -0.2) is 13.1 Å². The number of carbonyl (C=O) groups excluding carboxylic acids is 1. The Balaban J connectivity index is 2.62. The Kier molecular flexibility index (Phi) is 2.92. The van der Waals surface area contributed by atoms with E-state index in [4.69, 9.17) is 9.15 Å². The third-order valence-corrected chi connectivity index (χ3v) is 2.98. The first-order chi connectivity index (χ1) is 8.02. The zero-order valence-corrected chi connectivity index (χ0v) is 10.6. The van der Waals surface area contributed by atoms with Gasteiger partial charge in [0.15, 0.2) is 0 Å². The molecule has 0 aliphatic rings. The first-order valence-corrected chi connectivity index (χ1v) is 5.59. The maximum absolute atomic E-state index is 11.4. The van der Waals surface area contributed by atoms with Gasteiger partial charge in [0, 0.05) is 10.9 Å². The second-order valence-electron chi connectivity index (χ2n) is 4.34. The molecule has 0 N–H and O–H groups in total.